The maximum atomic E-state index is 9.56. The minimum absolute atomic E-state index is 0.167. The molecule has 1 aromatic rings. The Morgan fingerprint density at radius 2 is 1.71 bits per heavy atom. The van der Waals surface area contributed by atoms with Crippen molar-refractivity contribution in [3.05, 3.63) is 42.3 Å². The van der Waals surface area contributed by atoms with Crippen molar-refractivity contribution in [3.63, 3.8) is 0 Å². The topological polar surface area (TPSA) is 41.8 Å². The van der Waals surface area contributed by atoms with E-state index in [-0.39, 0.29) is 6.10 Å². The fourth-order valence-corrected chi connectivity index (χ4v) is 8.80. The lowest BCUT2D eigenvalue weighted by Crippen LogP contribution is -2.54. The second-order valence-corrected chi connectivity index (χ2v) is 11.5. The van der Waals surface area contributed by atoms with Gasteiger partial charge >= 0.3 is 0 Å². The summed E-state index contributed by atoms with van der Waals surface area (Å²) < 4.78 is 6.27. The smallest absolute Gasteiger partial charge is 0.257 e. The van der Waals surface area contributed by atoms with Gasteiger partial charge in [0.15, 0.2) is 0 Å². The zero-order valence-corrected chi connectivity index (χ0v) is 19.6. The van der Waals surface area contributed by atoms with Crippen molar-refractivity contribution in [1.82, 2.24) is 0 Å². The summed E-state index contributed by atoms with van der Waals surface area (Å²) in [6.07, 6.45) is 14.6. The van der Waals surface area contributed by atoms with Crippen molar-refractivity contribution >= 4 is 5.90 Å². The second kappa shape index (κ2) is 8.12. The Morgan fingerprint density at radius 1 is 0.968 bits per heavy atom. The van der Waals surface area contributed by atoms with Crippen LogP contribution in [0.25, 0.3) is 0 Å². The Labute approximate surface area is 188 Å². The number of hydrogen-bond acceptors (Lipinski definition) is 3. The molecule has 4 aliphatic rings. The van der Waals surface area contributed by atoms with Crippen LogP contribution >= 0.6 is 0 Å². The van der Waals surface area contributed by atoms with Crippen molar-refractivity contribution in [2.24, 2.45) is 45.6 Å². The molecule has 0 aromatic heterocycles. The van der Waals surface area contributed by atoms with Crippen LogP contribution in [0.3, 0.4) is 0 Å². The third-order valence-corrected chi connectivity index (χ3v) is 10.5. The molecule has 0 saturated heterocycles. The van der Waals surface area contributed by atoms with Crippen LogP contribution in [0.1, 0.15) is 84.1 Å². The summed E-state index contributed by atoms with van der Waals surface area (Å²) in [7, 11) is 0. The van der Waals surface area contributed by atoms with Crippen molar-refractivity contribution in [2.75, 3.05) is 0 Å². The molecule has 0 bridgehead atoms. The Bertz CT molecular complexity index is 806. The van der Waals surface area contributed by atoms with Crippen LogP contribution in [0.15, 0.2) is 35.5 Å². The highest BCUT2D eigenvalue weighted by molar-refractivity contribution is 5.93. The number of nitrogens with zero attached hydrogens (tertiary/aromatic N) is 1. The Kier molecular flexibility index (Phi) is 5.59. The molecule has 0 spiro atoms. The van der Waals surface area contributed by atoms with E-state index in [1.807, 2.05) is 30.3 Å². The molecule has 5 rings (SSSR count). The fourth-order valence-electron chi connectivity index (χ4n) is 8.80. The Balaban J connectivity index is 1.29. The molecular formula is C28H40NO2. The van der Waals surface area contributed by atoms with E-state index in [9.17, 15) is 5.21 Å². The Hall–Kier alpha value is -1.51. The summed E-state index contributed by atoms with van der Waals surface area (Å²) >= 11 is 0. The maximum Gasteiger partial charge on any atom is 0.257 e. The highest BCUT2D eigenvalue weighted by Crippen LogP contribution is 2.67. The van der Waals surface area contributed by atoms with Crippen LogP contribution in [-0.2, 0) is 4.74 Å². The van der Waals surface area contributed by atoms with Crippen LogP contribution < -0.4 is 0 Å². The zero-order valence-electron chi connectivity index (χ0n) is 19.6. The van der Waals surface area contributed by atoms with Gasteiger partial charge in [0.1, 0.15) is 6.10 Å². The van der Waals surface area contributed by atoms with Gasteiger partial charge in [-0.2, -0.15) is 0 Å². The molecule has 31 heavy (non-hydrogen) atoms. The van der Waals surface area contributed by atoms with Crippen molar-refractivity contribution in [3.8, 4) is 0 Å². The van der Waals surface area contributed by atoms with Crippen molar-refractivity contribution in [2.45, 2.75) is 84.7 Å². The molecular weight excluding hydrogens is 382 g/mol. The molecule has 3 nitrogen and oxygen atoms in total. The van der Waals surface area contributed by atoms with Gasteiger partial charge in [0, 0.05) is 5.56 Å². The number of oxime groups is 1. The lowest BCUT2D eigenvalue weighted by atomic mass is 9.44. The lowest BCUT2D eigenvalue weighted by Gasteiger charge is -2.61. The summed E-state index contributed by atoms with van der Waals surface area (Å²) in [6, 6.07) is 9.81. The van der Waals surface area contributed by atoms with E-state index in [0.29, 0.717) is 16.7 Å². The van der Waals surface area contributed by atoms with Gasteiger partial charge in [-0.25, -0.2) is 0 Å². The first-order valence-electron chi connectivity index (χ1n) is 12.7. The van der Waals surface area contributed by atoms with Crippen LogP contribution in [-0.4, -0.2) is 17.2 Å². The minimum Gasteiger partial charge on any atom is -0.472 e. The SMILES string of the molecule is C[CH][C@H]1CC[C@H]2[C@@H]3CCC4CC(OC(=NO)c5ccccc5)CC[C@]4(C)[C@H]3CC[C@]12C. The largest absolute Gasteiger partial charge is 0.472 e. The standard InChI is InChI=1S/C28H40NO2/c1-4-20-11-13-24-23-12-10-21-18-22(31-26(29-30)19-8-6-5-7-9-19)14-16-28(21,3)25(23)15-17-27(20,24)2/h4-9,20-25,30H,10-18H2,1-3H3/t20-,21?,22?,23-,24-,25-,27+,28-/m0/s1. The molecule has 8 atom stereocenters. The molecule has 1 N–H and O–H groups in total. The summed E-state index contributed by atoms with van der Waals surface area (Å²) in [6.45, 7) is 7.53. The van der Waals surface area contributed by atoms with Crippen LogP contribution in [0.2, 0.25) is 0 Å². The van der Waals surface area contributed by atoms with Gasteiger partial charge in [0.05, 0.1) is 0 Å². The molecule has 0 aliphatic heterocycles. The summed E-state index contributed by atoms with van der Waals surface area (Å²) in [4.78, 5) is 0. The first kappa shape index (κ1) is 21.3. The first-order chi connectivity index (χ1) is 15.0. The lowest BCUT2D eigenvalue weighted by molar-refractivity contribution is -0.123. The molecule has 0 heterocycles. The van der Waals surface area contributed by atoms with Crippen LogP contribution in [0.5, 0.6) is 0 Å². The quantitative estimate of drug-likeness (QED) is 0.244. The molecule has 4 fully saturated rings. The van der Waals surface area contributed by atoms with Crippen LogP contribution in [0, 0.1) is 46.8 Å². The van der Waals surface area contributed by atoms with E-state index < -0.39 is 0 Å². The van der Waals surface area contributed by atoms with E-state index >= 15 is 0 Å². The molecule has 4 saturated carbocycles. The molecule has 2 unspecified atom stereocenters. The summed E-state index contributed by atoms with van der Waals surface area (Å²) in [5.74, 6) is 4.71. The van der Waals surface area contributed by atoms with Gasteiger partial charge in [-0.15, -0.1) is 0 Å². The van der Waals surface area contributed by atoms with E-state index in [0.717, 1.165) is 48.0 Å². The average molecular weight is 423 g/mol. The fraction of sp³-hybridized carbons (Fsp3) is 0.714. The Morgan fingerprint density at radius 3 is 2.45 bits per heavy atom. The number of fused-ring (bicyclic) bond motifs is 5. The molecule has 169 valence electrons. The first-order valence-corrected chi connectivity index (χ1v) is 12.7. The van der Waals surface area contributed by atoms with Gasteiger partial charge in [0.2, 0.25) is 0 Å². The van der Waals surface area contributed by atoms with Gasteiger partial charge in [-0.3, -0.25) is 0 Å². The van der Waals surface area contributed by atoms with E-state index in [1.54, 1.807) is 0 Å². The molecule has 4 aliphatic carbocycles. The summed E-state index contributed by atoms with van der Waals surface area (Å²) in [5, 5.41) is 13.1. The van der Waals surface area contributed by atoms with Gasteiger partial charge in [0.25, 0.3) is 5.90 Å². The number of rotatable bonds is 3. The maximum absolute atomic E-state index is 9.56. The number of ether oxygens (including phenoxy) is 1. The normalized spacial score (nSPS) is 44.8. The predicted molar refractivity (Wildman–Crippen MR) is 125 cm³/mol. The highest BCUT2D eigenvalue weighted by Gasteiger charge is 2.59. The highest BCUT2D eigenvalue weighted by atomic mass is 16.5. The third kappa shape index (κ3) is 3.42. The van der Waals surface area contributed by atoms with E-state index in [4.69, 9.17) is 4.74 Å². The second-order valence-electron chi connectivity index (χ2n) is 11.5. The van der Waals surface area contributed by atoms with E-state index in [2.05, 4.69) is 32.3 Å². The third-order valence-electron chi connectivity index (χ3n) is 10.5. The van der Waals surface area contributed by atoms with Gasteiger partial charge in [-0.1, -0.05) is 39.0 Å². The molecule has 1 aromatic carbocycles. The number of benzene rings is 1. The van der Waals surface area contributed by atoms with Gasteiger partial charge < -0.3 is 9.94 Å². The van der Waals surface area contributed by atoms with Crippen molar-refractivity contribution in [1.29, 1.82) is 0 Å². The number of hydrogen-bond donors (Lipinski definition) is 1. The van der Waals surface area contributed by atoms with Crippen molar-refractivity contribution < 1.29 is 9.94 Å². The average Bonchev–Trinajstić information content (AvgIpc) is 3.14. The predicted octanol–water partition coefficient (Wildman–Crippen LogP) is 7.09. The van der Waals surface area contributed by atoms with Crippen LogP contribution in [0.4, 0.5) is 0 Å². The summed E-state index contributed by atoms with van der Waals surface area (Å²) in [5.41, 5.74) is 1.88. The van der Waals surface area contributed by atoms with E-state index in [1.165, 1.54) is 44.9 Å². The molecule has 3 heteroatoms. The molecule has 1 radical (unpaired) electrons. The molecule has 0 amide bonds. The minimum atomic E-state index is 0.167. The zero-order chi connectivity index (χ0) is 21.6. The monoisotopic (exact) mass is 422 g/mol. The van der Waals surface area contributed by atoms with Gasteiger partial charge in [-0.05, 0) is 122 Å².